The van der Waals surface area contributed by atoms with Crippen molar-refractivity contribution in [3.05, 3.63) is 58.1 Å². The predicted molar refractivity (Wildman–Crippen MR) is 157 cm³/mol. The molecule has 1 saturated carbocycles. The van der Waals surface area contributed by atoms with Crippen LogP contribution in [0.4, 0.5) is 5.69 Å². The van der Waals surface area contributed by atoms with E-state index in [1.54, 1.807) is 12.1 Å². The number of alkyl halides is 2. The molecule has 4 aliphatic rings. The normalized spacial score (nSPS) is 32.0. The van der Waals surface area contributed by atoms with E-state index in [9.17, 15) is 34.3 Å². The minimum absolute atomic E-state index is 0.0885. The summed E-state index contributed by atoms with van der Waals surface area (Å²) in [6, 6.07) is 8.92. The van der Waals surface area contributed by atoms with Gasteiger partial charge in [0, 0.05) is 23.0 Å². The molecule has 0 aromatic heterocycles. The number of fused-ring (bicyclic) bond motifs is 4. The minimum atomic E-state index is -2.06. The van der Waals surface area contributed by atoms with Gasteiger partial charge in [0.1, 0.15) is 0 Å². The number of allylic oxidation sites excluding steroid dienone is 2. The molecule has 14 heteroatoms. The fourth-order valence-corrected chi connectivity index (χ4v) is 8.60. The quantitative estimate of drug-likeness (QED) is 0.193. The fourth-order valence-electron chi connectivity index (χ4n) is 7.14. The van der Waals surface area contributed by atoms with E-state index in [0.717, 1.165) is 9.80 Å². The number of methoxy groups -OCH3 is 1. The lowest BCUT2D eigenvalue weighted by Crippen LogP contribution is -2.60. The number of ether oxygens (including phenoxy) is 1. The van der Waals surface area contributed by atoms with Crippen LogP contribution in [0.15, 0.2) is 52.5 Å². The number of carbonyl (C=O) groups is 4. The van der Waals surface area contributed by atoms with Crippen LogP contribution in [-0.4, -0.2) is 74.7 Å². The summed E-state index contributed by atoms with van der Waals surface area (Å²) in [6.07, 6.45) is 1.68. The average molecular weight is 678 g/mol. The van der Waals surface area contributed by atoms with Crippen molar-refractivity contribution < 1.29 is 39.1 Å². The number of hydrogen-bond donors (Lipinski definition) is 3. The highest BCUT2D eigenvalue weighted by Crippen LogP contribution is 2.66. The van der Waals surface area contributed by atoms with E-state index in [1.165, 1.54) is 44.5 Å². The lowest BCUT2D eigenvalue weighted by Gasteiger charge is -2.50. The van der Waals surface area contributed by atoms with E-state index >= 15 is 0 Å². The molecule has 0 unspecified atom stereocenters. The first-order valence-electron chi connectivity index (χ1n) is 13.1. The Morgan fingerprint density at radius 1 is 1.05 bits per heavy atom. The number of hydrogen-bond acceptors (Lipinski definition) is 8. The van der Waals surface area contributed by atoms with Crippen LogP contribution in [0.3, 0.4) is 0 Å². The summed E-state index contributed by atoms with van der Waals surface area (Å²) < 4.78 is 5.84. The fraction of sp³-hybridized carbons (Fsp3) is 0.357. The molecule has 2 aromatic carbocycles. The Balaban J connectivity index is 1.53. The second kappa shape index (κ2) is 9.82. The molecule has 2 heterocycles. The number of amides is 4. The highest BCUT2D eigenvalue weighted by Gasteiger charge is 2.76. The van der Waals surface area contributed by atoms with Gasteiger partial charge in [0.2, 0.25) is 11.8 Å². The summed E-state index contributed by atoms with van der Waals surface area (Å²) >= 11 is 17.7. The largest absolute Gasteiger partial charge is 0.504 e. The Kier molecular flexibility index (Phi) is 6.82. The van der Waals surface area contributed by atoms with E-state index in [2.05, 4.69) is 15.9 Å². The summed E-state index contributed by atoms with van der Waals surface area (Å²) in [4.78, 5) is 52.9. The van der Waals surface area contributed by atoms with Crippen LogP contribution in [0.2, 0.25) is 0 Å². The van der Waals surface area contributed by atoms with Crippen molar-refractivity contribution in [1.82, 2.24) is 4.90 Å². The molecule has 2 aromatic rings. The van der Waals surface area contributed by atoms with E-state index in [1.807, 2.05) is 0 Å². The van der Waals surface area contributed by atoms with Crippen LogP contribution >= 0.6 is 39.1 Å². The van der Waals surface area contributed by atoms with E-state index in [-0.39, 0.29) is 41.1 Å². The lowest BCUT2D eigenvalue weighted by molar-refractivity contribution is -0.138. The lowest BCUT2D eigenvalue weighted by atomic mass is 9.56. The number of aromatic hydroxyl groups is 1. The summed E-state index contributed by atoms with van der Waals surface area (Å²) in [7, 11) is 0.839. The Hall–Kier alpha value is -2.90. The molecule has 2 aliphatic heterocycles. The summed E-state index contributed by atoms with van der Waals surface area (Å²) in [6.45, 7) is 0. The Labute approximate surface area is 259 Å². The first-order valence-corrected chi connectivity index (χ1v) is 14.6. The third kappa shape index (κ3) is 3.71. The Bertz CT molecular complexity index is 1620. The third-order valence-electron chi connectivity index (χ3n) is 9.04. The monoisotopic (exact) mass is 676 g/mol. The van der Waals surface area contributed by atoms with Crippen LogP contribution in [0.25, 0.3) is 0 Å². The van der Waals surface area contributed by atoms with Crippen LogP contribution in [-0.2, 0) is 19.2 Å². The molecule has 6 rings (SSSR count). The number of phenolic OH excluding ortho intramolecular Hbond substituents is 1. The van der Waals surface area contributed by atoms with Crippen molar-refractivity contribution >= 4 is 81.0 Å². The number of nitrogens with zero attached hydrogens (tertiary/aromatic N) is 2. The highest BCUT2D eigenvalue weighted by atomic mass is 79.9. The molecular formula is C28H24BBrCl2N2O8. The number of carbonyl (C=O) groups excluding carboxylic acids is 4. The molecule has 0 bridgehead atoms. The summed E-state index contributed by atoms with van der Waals surface area (Å²) in [5, 5.41) is 30.6. The maximum Gasteiger partial charge on any atom is 0.488 e. The Morgan fingerprint density at radius 3 is 2.43 bits per heavy atom. The zero-order valence-electron chi connectivity index (χ0n) is 22.3. The van der Waals surface area contributed by atoms with Gasteiger partial charge in [-0.2, -0.15) is 0 Å². The molecule has 42 heavy (non-hydrogen) atoms. The minimum Gasteiger partial charge on any atom is -0.504 e. The van der Waals surface area contributed by atoms with Gasteiger partial charge < -0.3 is 19.9 Å². The van der Waals surface area contributed by atoms with Gasteiger partial charge in [0.25, 0.3) is 11.8 Å². The first-order chi connectivity index (χ1) is 19.8. The van der Waals surface area contributed by atoms with Crippen LogP contribution in [0.1, 0.15) is 24.3 Å². The van der Waals surface area contributed by atoms with Crippen molar-refractivity contribution in [3.63, 3.8) is 0 Å². The van der Waals surface area contributed by atoms with E-state index in [4.69, 9.17) is 27.9 Å². The van der Waals surface area contributed by atoms with Gasteiger partial charge in [0.05, 0.1) is 24.6 Å². The number of imide groups is 2. The number of benzene rings is 2. The zero-order valence-corrected chi connectivity index (χ0v) is 25.4. The molecular weight excluding hydrogens is 654 g/mol. The number of likely N-dealkylation sites (tertiary alicyclic amines) is 1. The molecule has 10 nitrogen and oxygen atoms in total. The molecule has 4 amide bonds. The van der Waals surface area contributed by atoms with Gasteiger partial charge in [-0.1, -0.05) is 39.7 Å². The van der Waals surface area contributed by atoms with Gasteiger partial charge in [-0.3, -0.25) is 29.0 Å². The van der Waals surface area contributed by atoms with Gasteiger partial charge in [-0.15, -0.1) is 23.2 Å². The van der Waals surface area contributed by atoms with Gasteiger partial charge in [-0.25, -0.2) is 0 Å². The van der Waals surface area contributed by atoms with Crippen LogP contribution in [0, 0.1) is 17.8 Å². The molecule has 0 spiro atoms. The number of phenols is 1. The topological polar surface area (TPSA) is 145 Å². The summed E-state index contributed by atoms with van der Waals surface area (Å²) in [5.74, 6) is -6.44. The van der Waals surface area contributed by atoms with Gasteiger partial charge >= 0.3 is 7.12 Å². The predicted octanol–water partition coefficient (Wildman–Crippen LogP) is 2.04. The standard InChI is InChI=1S/C28H24BBrCl2N2O8/c1-33-25(38)27(31)11-18-15(21(28(27,32)26(33)39)17-9-13(30)10-19(42-2)22(17)35)6-7-16-20(18)24(37)34(23(16)36)14-5-3-4-12(8-14)29(40)41/h3-6,8-10,16,18,20-21,35,40-41H,7,11H2,1-2H3/t16-,18+,20-,21+,27+,28-/m0/s1. The van der Waals surface area contributed by atoms with Crippen LogP contribution < -0.4 is 15.1 Å². The van der Waals surface area contributed by atoms with E-state index in [0.29, 0.717) is 10.0 Å². The van der Waals surface area contributed by atoms with Crippen molar-refractivity contribution in [1.29, 1.82) is 0 Å². The number of rotatable bonds is 4. The Morgan fingerprint density at radius 2 is 1.76 bits per heavy atom. The SMILES string of the molecule is COc1cc(Br)cc([C@H]2C3=CC[C@@H]4C(=O)N(c5cccc(B(O)O)c5)C(=O)[C@@H]4[C@@H]3C[C@@]3(Cl)C(=O)N(C)C(=O)[C@@]23Cl)c1O. The van der Waals surface area contributed by atoms with E-state index < -0.39 is 64.2 Å². The summed E-state index contributed by atoms with van der Waals surface area (Å²) in [5.41, 5.74) is 0.957. The molecule has 6 atom stereocenters. The zero-order chi connectivity index (χ0) is 30.5. The maximum atomic E-state index is 14.1. The molecule has 3 fully saturated rings. The highest BCUT2D eigenvalue weighted by molar-refractivity contribution is 9.10. The molecule has 3 N–H and O–H groups in total. The second-order valence-corrected chi connectivity index (χ2v) is 13.2. The average Bonchev–Trinajstić information content (AvgIpc) is 3.29. The van der Waals surface area contributed by atoms with Crippen molar-refractivity contribution in [2.24, 2.45) is 17.8 Å². The van der Waals surface area contributed by atoms with Gasteiger partial charge in [-0.05, 0) is 48.5 Å². The maximum absolute atomic E-state index is 14.1. The number of anilines is 1. The third-order valence-corrected chi connectivity index (χ3v) is 10.9. The first kappa shape index (κ1) is 29.2. The second-order valence-electron chi connectivity index (χ2n) is 11.0. The van der Waals surface area contributed by atoms with Crippen molar-refractivity contribution in [2.75, 3.05) is 19.1 Å². The molecule has 0 radical (unpaired) electrons. The molecule has 2 aliphatic carbocycles. The van der Waals surface area contributed by atoms with Crippen LogP contribution in [0.5, 0.6) is 11.5 Å². The van der Waals surface area contributed by atoms with Crippen molar-refractivity contribution in [3.8, 4) is 11.5 Å². The number of halogens is 3. The van der Waals surface area contributed by atoms with Gasteiger partial charge in [0.15, 0.2) is 21.2 Å². The van der Waals surface area contributed by atoms with Crippen molar-refractivity contribution in [2.45, 2.75) is 28.5 Å². The molecule has 2 saturated heterocycles. The molecule has 218 valence electrons. The smallest absolute Gasteiger partial charge is 0.488 e.